The molecular formula is C12H20N2O2S. The van der Waals surface area contributed by atoms with Crippen molar-refractivity contribution in [1.29, 1.82) is 0 Å². The molecule has 1 unspecified atom stereocenters. The lowest BCUT2D eigenvalue weighted by Gasteiger charge is -2.24. The van der Waals surface area contributed by atoms with Gasteiger partial charge in [-0.15, -0.1) is 5.10 Å². The highest BCUT2D eigenvalue weighted by atomic mass is 32.1. The van der Waals surface area contributed by atoms with Crippen LogP contribution in [0.15, 0.2) is 0 Å². The van der Waals surface area contributed by atoms with E-state index in [9.17, 15) is 5.11 Å². The summed E-state index contributed by atoms with van der Waals surface area (Å²) in [5.74, 6) is 0.897. The molecule has 0 spiro atoms. The first kappa shape index (κ1) is 12.9. The van der Waals surface area contributed by atoms with Crippen LogP contribution in [0.2, 0.25) is 0 Å². The summed E-state index contributed by atoms with van der Waals surface area (Å²) in [6, 6.07) is 0. The maximum Gasteiger partial charge on any atom is 0.0919 e. The highest BCUT2D eigenvalue weighted by molar-refractivity contribution is 7.05. The summed E-state index contributed by atoms with van der Waals surface area (Å²) in [4.78, 5) is 0.950. The van der Waals surface area contributed by atoms with Crippen LogP contribution >= 0.6 is 11.5 Å². The summed E-state index contributed by atoms with van der Waals surface area (Å²) < 4.78 is 9.29. The molecule has 17 heavy (non-hydrogen) atoms. The van der Waals surface area contributed by atoms with E-state index in [-0.39, 0.29) is 0 Å². The lowest BCUT2D eigenvalue weighted by atomic mass is 9.92. The number of aromatic nitrogens is 2. The zero-order valence-electron chi connectivity index (χ0n) is 10.4. The summed E-state index contributed by atoms with van der Waals surface area (Å²) in [6.07, 6.45) is 2.52. The quantitative estimate of drug-likeness (QED) is 0.899. The third-order valence-electron chi connectivity index (χ3n) is 3.29. The minimum absolute atomic E-state index is 0.327. The van der Waals surface area contributed by atoms with Gasteiger partial charge in [-0.2, -0.15) is 0 Å². The van der Waals surface area contributed by atoms with Gasteiger partial charge in [0.25, 0.3) is 0 Å². The number of hydrogen-bond donors (Lipinski definition) is 1. The van der Waals surface area contributed by atoms with Gasteiger partial charge in [0.2, 0.25) is 0 Å². The van der Waals surface area contributed by atoms with Crippen molar-refractivity contribution in [2.45, 2.75) is 45.1 Å². The van der Waals surface area contributed by atoms with Crippen molar-refractivity contribution in [2.24, 2.45) is 5.92 Å². The summed E-state index contributed by atoms with van der Waals surface area (Å²) in [7, 11) is 0. The van der Waals surface area contributed by atoms with Crippen molar-refractivity contribution in [2.75, 3.05) is 13.2 Å². The molecule has 1 aromatic rings. The minimum atomic E-state index is -0.407. The zero-order chi connectivity index (χ0) is 12.3. The first-order chi connectivity index (χ1) is 8.18. The van der Waals surface area contributed by atoms with Crippen LogP contribution in [0.1, 0.15) is 55.7 Å². The number of rotatable bonds is 4. The fourth-order valence-electron chi connectivity index (χ4n) is 2.24. The Morgan fingerprint density at radius 3 is 2.76 bits per heavy atom. The molecule has 1 N–H and O–H groups in total. The highest BCUT2D eigenvalue weighted by Gasteiger charge is 2.23. The first-order valence-electron chi connectivity index (χ1n) is 6.26. The van der Waals surface area contributed by atoms with E-state index in [1.54, 1.807) is 0 Å². The van der Waals surface area contributed by atoms with Gasteiger partial charge in [0, 0.05) is 13.2 Å². The lowest BCUT2D eigenvalue weighted by molar-refractivity contribution is 0.0439. The number of hydrogen-bond acceptors (Lipinski definition) is 5. The fraction of sp³-hybridized carbons (Fsp3) is 0.833. The summed E-state index contributed by atoms with van der Waals surface area (Å²) in [6.45, 7) is 5.83. The number of nitrogens with zero attached hydrogens (tertiary/aromatic N) is 2. The molecule has 1 aliphatic rings. The van der Waals surface area contributed by atoms with Gasteiger partial charge in [0.05, 0.1) is 16.7 Å². The average molecular weight is 256 g/mol. The Bertz CT molecular complexity index is 348. The molecule has 0 radical (unpaired) electrons. The molecule has 0 aliphatic carbocycles. The molecule has 0 saturated carbocycles. The SMILES string of the molecule is CC(C)c1nnsc1C(O)CC1CCOCC1. The van der Waals surface area contributed by atoms with Crippen LogP contribution in [0.5, 0.6) is 0 Å². The Hall–Kier alpha value is -0.520. The van der Waals surface area contributed by atoms with Crippen molar-refractivity contribution in [3.8, 4) is 0 Å². The molecule has 1 fully saturated rings. The molecule has 1 atom stereocenters. The van der Waals surface area contributed by atoms with E-state index < -0.39 is 6.10 Å². The second-order valence-corrected chi connectivity index (χ2v) is 5.77. The molecule has 96 valence electrons. The van der Waals surface area contributed by atoms with E-state index in [4.69, 9.17) is 4.74 Å². The minimum Gasteiger partial charge on any atom is -0.387 e. The Kier molecular flexibility index (Phi) is 4.48. The van der Waals surface area contributed by atoms with E-state index in [1.165, 1.54) is 11.5 Å². The Labute approximate surface area is 106 Å². The van der Waals surface area contributed by atoms with Crippen LogP contribution in [0.25, 0.3) is 0 Å². The van der Waals surface area contributed by atoms with Gasteiger partial charge < -0.3 is 9.84 Å². The van der Waals surface area contributed by atoms with E-state index in [2.05, 4.69) is 23.4 Å². The highest BCUT2D eigenvalue weighted by Crippen LogP contribution is 2.32. The van der Waals surface area contributed by atoms with Crippen molar-refractivity contribution in [1.82, 2.24) is 9.59 Å². The number of ether oxygens (including phenoxy) is 1. The molecule has 0 aromatic carbocycles. The van der Waals surface area contributed by atoms with Crippen LogP contribution in [0.4, 0.5) is 0 Å². The van der Waals surface area contributed by atoms with Gasteiger partial charge in [0.15, 0.2) is 0 Å². The molecular weight excluding hydrogens is 236 g/mol. The van der Waals surface area contributed by atoms with Gasteiger partial charge >= 0.3 is 0 Å². The van der Waals surface area contributed by atoms with Crippen LogP contribution in [0.3, 0.4) is 0 Å². The maximum absolute atomic E-state index is 10.3. The molecule has 1 saturated heterocycles. The van der Waals surface area contributed by atoms with Crippen molar-refractivity contribution < 1.29 is 9.84 Å². The van der Waals surface area contributed by atoms with Crippen LogP contribution in [-0.4, -0.2) is 27.9 Å². The second-order valence-electron chi connectivity index (χ2n) is 4.98. The number of aliphatic hydroxyl groups excluding tert-OH is 1. The second kappa shape index (κ2) is 5.89. The van der Waals surface area contributed by atoms with Crippen molar-refractivity contribution in [3.63, 3.8) is 0 Å². The van der Waals surface area contributed by atoms with Crippen LogP contribution in [-0.2, 0) is 4.74 Å². The predicted octanol–water partition coefficient (Wildman–Crippen LogP) is 2.51. The predicted molar refractivity (Wildman–Crippen MR) is 67.1 cm³/mol. The summed E-state index contributed by atoms with van der Waals surface area (Å²) in [5, 5.41) is 14.4. The Morgan fingerprint density at radius 1 is 1.41 bits per heavy atom. The normalized spacial score (nSPS) is 19.8. The first-order valence-corrected chi connectivity index (χ1v) is 7.03. The topological polar surface area (TPSA) is 55.2 Å². The Morgan fingerprint density at radius 2 is 2.12 bits per heavy atom. The molecule has 0 amide bonds. The fourth-order valence-corrected chi connectivity index (χ4v) is 3.05. The van der Waals surface area contributed by atoms with Gasteiger partial charge in [-0.05, 0) is 42.6 Å². The third kappa shape index (κ3) is 3.24. The summed E-state index contributed by atoms with van der Waals surface area (Å²) >= 11 is 1.33. The summed E-state index contributed by atoms with van der Waals surface area (Å²) in [5.41, 5.74) is 0.953. The maximum atomic E-state index is 10.3. The largest absolute Gasteiger partial charge is 0.387 e. The van der Waals surface area contributed by atoms with Crippen molar-refractivity contribution >= 4 is 11.5 Å². The molecule has 2 heterocycles. The van der Waals surface area contributed by atoms with E-state index in [1.807, 2.05) is 0 Å². The molecule has 2 rings (SSSR count). The standard InChI is InChI=1S/C12H20N2O2S/c1-8(2)11-12(17-14-13-11)10(15)7-9-3-5-16-6-4-9/h8-10,15H,3-7H2,1-2H3. The molecule has 0 bridgehead atoms. The van der Waals surface area contributed by atoms with Crippen LogP contribution in [0, 0.1) is 5.92 Å². The lowest BCUT2D eigenvalue weighted by Crippen LogP contribution is -2.18. The van der Waals surface area contributed by atoms with Crippen molar-refractivity contribution in [3.05, 3.63) is 10.6 Å². The molecule has 5 heteroatoms. The average Bonchev–Trinajstić information content (AvgIpc) is 2.79. The molecule has 1 aliphatic heterocycles. The van der Waals surface area contributed by atoms with E-state index in [0.717, 1.165) is 43.0 Å². The van der Waals surface area contributed by atoms with E-state index in [0.29, 0.717) is 11.8 Å². The van der Waals surface area contributed by atoms with Gasteiger partial charge in [-0.1, -0.05) is 18.3 Å². The Balaban J connectivity index is 1.98. The smallest absolute Gasteiger partial charge is 0.0919 e. The monoisotopic (exact) mass is 256 g/mol. The number of aliphatic hydroxyl groups is 1. The van der Waals surface area contributed by atoms with E-state index >= 15 is 0 Å². The molecule has 4 nitrogen and oxygen atoms in total. The molecule has 1 aromatic heterocycles. The third-order valence-corrected chi connectivity index (χ3v) is 4.13. The van der Waals surface area contributed by atoms with Gasteiger partial charge in [-0.3, -0.25) is 0 Å². The zero-order valence-corrected chi connectivity index (χ0v) is 11.2. The van der Waals surface area contributed by atoms with Crippen LogP contribution < -0.4 is 0 Å². The van der Waals surface area contributed by atoms with Gasteiger partial charge in [0.1, 0.15) is 0 Å². The van der Waals surface area contributed by atoms with Gasteiger partial charge in [-0.25, -0.2) is 0 Å².